The maximum atomic E-state index is 5.29. The summed E-state index contributed by atoms with van der Waals surface area (Å²) in [6.45, 7) is 5.18. The van der Waals surface area contributed by atoms with Gasteiger partial charge < -0.3 is 0 Å². The highest BCUT2D eigenvalue weighted by molar-refractivity contribution is 6.34. The van der Waals surface area contributed by atoms with Gasteiger partial charge in [0.25, 0.3) is 0 Å². The van der Waals surface area contributed by atoms with Crippen LogP contribution < -0.4 is 0 Å². The zero-order valence-electron chi connectivity index (χ0n) is 3.74. The standard InChI is InChI=1S/C4H6BCl/c1-3(5)4(2)6/h3H,2H2,1H3. The minimum atomic E-state index is -0.0772. The van der Waals surface area contributed by atoms with Gasteiger partial charge in [0, 0.05) is 5.03 Å². The van der Waals surface area contributed by atoms with Gasteiger partial charge >= 0.3 is 0 Å². The van der Waals surface area contributed by atoms with Crippen molar-refractivity contribution in [1.29, 1.82) is 0 Å². The summed E-state index contributed by atoms with van der Waals surface area (Å²) < 4.78 is 0. The average Bonchev–Trinajstić information content (AvgIpc) is 1.36. The lowest BCUT2D eigenvalue weighted by Crippen LogP contribution is -1.79. The van der Waals surface area contributed by atoms with Crippen LogP contribution in [0.15, 0.2) is 11.6 Å². The normalized spacial score (nSPS) is 13.7. The van der Waals surface area contributed by atoms with Gasteiger partial charge in [-0.05, 0) is 5.82 Å². The van der Waals surface area contributed by atoms with Crippen LogP contribution in [0.4, 0.5) is 0 Å². The first kappa shape index (κ1) is 6.09. The maximum Gasteiger partial charge on any atom is 0.0771 e. The molecule has 0 aliphatic heterocycles. The Morgan fingerprint density at radius 1 is 2.00 bits per heavy atom. The fourth-order valence-corrected chi connectivity index (χ4v) is 0. The molecule has 0 bridgehead atoms. The third-order valence-electron chi connectivity index (χ3n) is 0.494. The van der Waals surface area contributed by atoms with Crippen LogP contribution in [0.25, 0.3) is 0 Å². The Balaban J connectivity index is 3.26. The van der Waals surface area contributed by atoms with E-state index in [9.17, 15) is 0 Å². The van der Waals surface area contributed by atoms with Crippen LogP contribution in [0.1, 0.15) is 6.92 Å². The summed E-state index contributed by atoms with van der Waals surface area (Å²) >= 11 is 5.29. The minimum absolute atomic E-state index is 0.0772. The second kappa shape index (κ2) is 2.30. The second-order valence-electron chi connectivity index (χ2n) is 1.24. The van der Waals surface area contributed by atoms with Gasteiger partial charge in [-0.15, -0.1) is 0 Å². The number of allylic oxidation sites excluding steroid dienone is 1. The number of hydrogen-bond acceptors (Lipinski definition) is 0. The summed E-state index contributed by atoms with van der Waals surface area (Å²) in [7, 11) is 5.20. The van der Waals surface area contributed by atoms with E-state index in [4.69, 9.17) is 19.4 Å². The van der Waals surface area contributed by atoms with E-state index in [1.54, 1.807) is 6.92 Å². The molecule has 0 heterocycles. The van der Waals surface area contributed by atoms with Crippen molar-refractivity contribution >= 4 is 19.4 Å². The number of rotatable bonds is 1. The Morgan fingerprint density at radius 3 is 2.17 bits per heavy atom. The fraction of sp³-hybridized carbons (Fsp3) is 0.500. The molecule has 0 rings (SSSR count). The first-order valence-electron chi connectivity index (χ1n) is 1.74. The van der Waals surface area contributed by atoms with E-state index in [1.807, 2.05) is 0 Å². The molecule has 0 amide bonds. The highest BCUT2D eigenvalue weighted by atomic mass is 35.5. The lowest BCUT2D eigenvalue weighted by Gasteiger charge is -1.95. The van der Waals surface area contributed by atoms with Crippen LogP contribution in [0.5, 0.6) is 0 Å². The topological polar surface area (TPSA) is 0 Å². The van der Waals surface area contributed by atoms with Crippen molar-refractivity contribution in [3.8, 4) is 0 Å². The van der Waals surface area contributed by atoms with Crippen LogP contribution in [0.3, 0.4) is 0 Å². The van der Waals surface area contributed by atoms with Crippen molar-refractivity contribution in [1.82, 2.24) is 0 Å². The van der Waals surface area contributed by atoms with E-state index >= 15 is 0 Å². The van der Waals surface area contributed by atoms with Gasteiger partial charge in [-0.25, -0.2) is 0 Å². The Hall–Kier alpha value is 0.0949. The molecule has 6 heavy (non-hydrogen) atoms. The lowest BCUT2D eigenvalue weighted by atomic mass is 9.90. The molecule has 0 aliphatic carbocycles. The van der Waals surface area contributed by atoms with Gasteiger partial charge in [0.15, 0.2) is 0 Å². The largest absolute Gasteiger partial charge is 0.0903 e. The zero-order chi connectivity index (χ0) is 5.15. The van der Waals surface area contributed by atoms with Crippen molar-refractivity contribution in [3.05, 3.63) is 11.6 Å². The Labute approximate surface area is 44.6 Å². The molecule has 1 atom stereocenters. The van der Waals surface area contributed by atoms with E-state index in [1.165, 1.54) is 0 Å². The predicted octanol–water partition coefficient (Wildman–Crippen LogP) is 1.72. The van der Waals surface area contributed by atoms with Crippen LogP contribution in [-0.4, -0.2) is 7.85 Å². The fourth-order valence-electron chi connectivity index (χ4n) is 0. The molecule has 0 aromatic heterocycles. The molecule has 2 radical (unpaired) electrons. The van der Waals surface area contributed by atoms with E-state index in [2.05, 4.69) is 6.58 Å². The molecule has 0 aliphatic rings. The van der Waals surface area contributed by atoms with E-state index in [-0.39, 0.29) is 5.82 Å². The first-order valence-corrected chi connectivity index (χ1v) is 2.12. The van der Waals surface area contributed by atoms with Crippen molar-refractivity contribution in [2.75, 3.05) is 0 Å². The van der Waals surface area contributed by atoms with Gasteiger partial charge in [-0.3, -0.25) is 0 Å². The second-order valence-corrected chi connectivity index (χ2v) is 1.72. The van der Waals surface area contributed by atoms with Gasteiger partial charge in [0.2, 0.25) is 0 Å². The van der Waals surface area contributed by atoms with Gasteiger partial charge in [-0.1, -0.05) is 25.1 Å². The zero-order valence-corrected chi connectivity index (χ0v) is 4.50. The molecule has 0 aromatic carbocycles. The summed E-state index contributed by atoms with van der Waals surface area (Å²) in [5, 5.41) is 0.509. The summed E-state index contributed by atoms with van der Waals surface area (Å²) in [5.41, 5.74) is 0. The molecular formula is C4H6BCl. The molecule has 0 spiro atoms. The highest BCUT2D eigenvalue weighted by Crippen LogP contribution is 2.12. The Morgan fingerprint density at radius 2 is 2.17 bits per heavy atom. The van der Waals surface area contributed by atoms with Gasteiger partial charge in [0.05, 0.1) is 7.85 Å². The van der Waals surface area contributed by atoms with E-state index in [0.717, 1.165) is 0 Å². The number of hydrogen-bond donors (Lipinski definition) is 0. The van der Waals surface area contributed by atoms with Crippen molar-refractivity contribution in [3.63, 3.8) is 0 Å². The smallest absolute Gasteiger partial charge is 0.0771 e. The van der Waals surface area contributed by atoms with E-state index < -0.39 is 0 Å². The third kappa shape index (κ3) is 2.34. The predicted molar refractivity (Wildman–Crippen MR) is 30.2 cm³/mol. The number of halogens is 1. The van der Waals surface area contributed by atoms with E-state index in [0.29, 0.717) is 5.03 Å². The van der Waals surface area contributed by atoms with Crippen LogP contribution >= 0.6 is 11.6 Å². The molecule has 0 aromatic rings. The quantitative estimate of drug-likeness (QED) is 0.440. The summed E-state index contributed by atoms with van der Waals surface area (Å²) in [6.07, 6.45) is 0. The monoisotopic (exact) mass is 100 g/mol. The Kier molecular flexibility index (Phi) is 2.34. The molecule has 2 heteroatoms. The van der Waals surface area contributed by atoms with Gasteiger partial charge in [-0.2, -0.15) is 0 Å². The molecular weight excluding hydrogens is 94.3 g/mol. The van der Waals surface area contributed by atoms with Crippen LogP contribution in [-0.2, 0) is 0 Å². The highest BCUT2D eigenvalue weighted by Gasteiger charge is 1.90. The Bertz CT molecular complexity index is 58.6. The molecule has 1 unspecified atom stereocenters. The lowest BCUT2D eigenvalue weighted by molar-refractivity contribution is 1.19. The first-order chi connectivity index (χ1) is 2.64. The maximum absolute atomic E-state index is 5.29. The van der Waals surface area contributed by atoms with Crippen LogP contribution in [0.2, 0.25) is 5.82 Å². The molecule has 0 saturated heterocycles. The molecule has 0 saturated carbocycles. The van der Waals surface area contributed by atoms with Crippen LogP contribution in [0, 0.1) is 0 Å². The van der Waals surface area contributed by atoms with Crippen molar-refractivity contribution < 1.29 is 0 Å². The molecule has 0 N–H and O–H groups in total. The van der Waals surface area contributed by atoms with Gasteiger partial charge in [0.1, 0.15) is 0 Å². The molecule has 0 fully saturated rings. The molecule has 32 valence electrons. The summed E-state index contributed by atoms with van der Waals surface area (Å²) in [5.74, 6) is -0.0772. The summed E-state index contributed by atoms with van der Waals surface area (Å²) in [4.78, 5) is 0. The average molecular weight is 100 g/mol. The molecule has 0 nitrogen and oxygen atoms in total. The SMILES string of the molecule is [B]C(C)C(=C)Cl. The van der Waals surface area contributed by atoms with Crippen molar-refractivity contribution in [2.24, 2.45) is 0 Å². The van der Waals surface area contributed by atoms with Crippen molar-refractivity contribution in [2.45, 2.75) is 12.7 Å². The third-order valence-corrected chi connectivity index (χ3v) is 0.838. The summed E-state index contributed by atoms with van der Waals surface area (Å²) in [6, 6.07) is 0. The minimum Gasteiger partial charge on any atom is -0.0903 e.